The summed E-state index contributed by atoms with van der Waals surface area (Å²) in [5.41, 5.74) is -2.03. The first-order valence-corrected chi connectivity index (χ1v) is 3.87. The van der Waals surface area contributed by atoms with Crippen molar-refractivity contribution in [2.75, 3.05) is 6.61 Å². The molecular formula is C8H6F6O2. The van der Waals surface area contributed by atoms with Crippen LogP contribution in [-0.2, 0) is 9.53 Å². The van der Waals surface area contributed by atoms with Gasteiger partial charge in [0.2, 0.25) is 0 Å². The number of ether oxygens (including phenoxy) is 1. The van der Waals surface area contributed by atoms with Crippen LogP contribution in [0, 0.1) is 0 Å². The van der Waals surface area contributed by atoms with Gasteiger partial charge in [-0.05, 0) is 6.92 Å². The van der Waals surface area contributed by atoms with Gasteiger partial charge in [-0.3, -0.25) is 0 Å². The Labute approximate surface area is 86.2 Å². The van der Waals surface area contributed by atoms with Gasteiger partial charge in [0.1, 0.15) is 0 Å². The second kappa shape index (κ2) is 5.07. The lowest BCUT2D eigenvalue weighted by Gasteiger charge is -2.11. The minimum atomic E-state index is -5.62. The second-order valence-electron chi connectivity index (χ2n) is 2.41. The molecule has 0 aliphatic heterocycles. The van der Waals surface area contributed by atoms with E-state index >= 15 is 0 Å². The number of rotatable bonds is 2. The first kappa shape index (κ1) is 14.6. The smallest absolute Gasteiger partial charge is 0.428 e. The van der Waals surface area contributed by atoms with Crippen LogP contribution in [0.15, 0.2) is 17.4 Å². The van der Waals surface area contributed by atoms with E-state index < -0.39 is 23.9 Å². The summed E-state index contributed by atoms with van der Waals surface area (Å²) < 4.78 is 75.3. The fraction of sp³-hybridized carbons (Fsp3) is 0.500. The van der Waals surface area contributed by atoms with Crippen LogP contribution in [0.2, 0.25) is 0 Å². The second-order valence-corrected chi connectivity index (χ2v) is 2.41. The van der Waals surface area contributed by atoms with E-state index in [-0.39, 0.29) is 12.7 Å². The number of esters is 1. The lowest BCUT2D eigenvalue weighted by atomic mass is 10.2. The van der Waals surface area contributed by atoms with Crippen molar-refractivity contribution in [3.63, 3.8) is 0 Å². The van der Waals surface area contributed by atoms with Gasteiger partial charge in [-0.15, -0.1) is 0 Å². The predicted octanol–water partition coefficient (Wildman–Crippen LogP) is 2.76. The van der Waals surface area contributed by atoms with Crippen LogP contribution in [0.25, 0.3) is 0 Å². The van der Waals surface area contributed by atoms with Gasteiger partial charge in [0.15, 0.2) is 5.57 Å². The van der Waals surface area contributed by atoms with Crippen LogP contribution in [0.5, 0.6) is 0 Å². The highest BCUT2D eigenvalue weighted by molar-refractivity contribution is 5.81. The number of carbonyl (C=O) groups is 1. The molecule has 0 heterocycles. The number of hydrogen-bond donors (Lipinski definition) is 0. The molecule has 0 bridgehead atoms. The van der Waals surface area contributed by atoms with Crippen LogP contribution in [0.3, 0.4) is 0 Å². The highest BCUT2D eigenvalue weighted by Gasteiger charge is 2.51. The van der Waals surface area contributed by atoms with Gasteiger partial charge in [0.05, 0.1) is 12.7 Å². The van der Waals surface area contributed by atoms with Gasteiger partial charge in [-0.1, -0.05) is 5.73 Å². The molecule has 0 amide bonds. The highest BCUT2D eigenvalue weighted by atomic mass is 19.4. The maximum atomic E-state index is 11.9. The van der Waals surface area contributed by atoms with E-state index in [1.54, 1.807) is 0 Å². The van der Waals surface area contributed by atoms with Crippen LogP contribution >= 0.6 is 0 Å². The van der Waals surface area contributed by atoms with Crippen LogP contribution in [0.1, 0.15) is 6.92 Å². The van der Waals surface area contributed by atoms with E-state index in [9.17, 15) is 31.1 Å². The minimum absolute atomic E-state index is 0.0419. The molecule has 0 N–H and O–H groups in total. The Bertz CT molecular complexity index is 302. The summed E-state index contributed by atoms with van der Waals surface area (Å²) >= 11 is 0. The lowest BCUT2D eigenvalue weighted by Crippen LogP contribution is -2.25. The Morgan fingerprint density at radius 3 is 1.94 bits per heavy atom. The van der Waals surface area contributed by atoms with Crippen LogP contribution in [-0.4, -0.2) is 24.9 Å². The molecule has 92 valence electrons. The van der Waals surface area contributed by atoms with Crippen molar-refractivity contribution in [2.45, 2.75) is 19.3 Å². The molecule has 0 aromatic heterocycles. The summed E-state index contributed by atoms with van der Waals surface area (Å²) in [5.74, 6) is -1.33. The molecule has 0 saturated carbocycles. The Kier molecular flexibility index (Phi) is 4.61. The summed E-state index contributed by atoms with van der Waals surface area (Å²) in [6.45, 7) is 1.19. The monoisotopic (exact) mass is 248 g/mol. The molecule has 0 aromatic rings. The zero-order chi connectivity index (χ0) is 13.0. The molecule has 0 rings (SSSR count). The third-order valence-electron chi connectivity index (χ3n) is 1.19. The number of hydrogen-bond acceptors (Lipinski definition) is 2. The average molecular weight is 248 g/mol. The van der Waals surface area contributed by atoms with Crippen molar-refractivity contribution < 1.29 is 35.9 Å². The van der Waals surface area contributed by atoms with Gasteiger partial charge in [0, 0.05) is 0 Å². The molecular weight excluding hydrogens is 242 g/mol. The van der Waals surface area contributed by atoms with Crippen molar-refractivity contribution >= 4 is 5.97 Å². The molecule has 0 radical (unpaired) electrons. The lowest BCUT2D eigenvalue weighted by molar-refractivity contribution is -0.171. The Morgan fingerprint density at radius 1 is 1.19 bits per heavy atom. The minimum Gasteiger partial charge on any atom is -0.462 e. The molecule has 0 unspecified atom stereocenters. The SMILES string of the molecule is CCOC(=O)C=C=C(C(F)(F)F)C(F)(F)F. The number of halogens is 6. The van der Waals surface area contributed by atoms with E-state index in [0.29, 0.717) is 0 Å². The summed E-state index contributed by atoms with van der Waals surface area (Å²) in [5, 5.41) is 0. The van der Waals surface area contributed by atoms with Crippen molar-refractivity contribution in [2.24, 2.45) is 0 Å². The maximum absolute atomic E-state index is 11.9. The highest BCUT2D eigenvalue weighted by Crippen LogP contribution is 2.37. The quantitative estimate of drug-likeness (QED) is 0.325. The first-order chi connectivity index (χ1) is 7.09. The molecule has 0 aliphatic carbocycles. The van der Waals surface area contributed by atoms with Gasteiger partial charge in [-0.25, -0.2) is 4.79 Å². The zero-order valence-electron chi connectivity index (χ0n) is 7.87. The van der Waals surface area contributed by atoms with E-state index in [1.807, 2.05) is 0 Å². The standard InChI is InChI=1S/C8H6F6O2/c1-2-16-6(15)4-3-5(7(9,10)11)8(12,13)14/h4H,2H2,1H3. The largest absolute Gasteiger partial charge is 0.462 e. The molecule has 16 heavy (non-hydrogen) atoms. The van der Waals surface area contributed by atoms with Gasteiger partial charge >= 0.3 is 18.3 Å². The summed E-state index contributed by atoms with van der Waals surface area (Å²) in [6.07, 6.45) is -11.3. The third kappa shape index (κ3) is 4.88. The number of carbonyl (C=O) groups excluding carboxylic acids is 1. The molecule has 0 aromatic carbocycles. The average Bonchev–Trinajstić information content (AvgIpc) is 1.99. The van der Waals surface area contributed by atoms with Crippen molar-refractivity contribution in [3.8, 4) is 0 Å². The molecule has 0 atom stereocenters. The van der Waals surface area contributed by atoms with Crippen molar-refractivity contribution in [1.29, 1.82) is 0 Å². The van der Waals surface area contributed by atoms with Crippen molar-refractivity contribution in [1.82, 2.24) is 0 Å². The van der Waals surface area contributed by atoms with E-state index in [1.165, 1.54) is 6.92 Å². The topological polar surface area (TPSA) is 26.3 Å². The van der Waals surface area contributed by atoms with E-state index in [0.717, 1.165) is 5.73 Å². The Morgan fingerprint density at radius 2 is 1.62 bits per heavy atom. The molecule has 0 aliphatic rings. The van der Waals surface area contributed by atoms with E-state index in [2.05, 4.69) is 4.74 Å². The summed E-state index contributed by atoms with van der Waals surface area (Å²) in [7, 11) is 0. The Balaban J connectivity index is 5.22. The Hall–Kier alpha value is -1.43. The van der Waals surface area contributed by atoms with Gasteiger partial charge in [-0.2, -0.15) is 26.3 Å². The van der Waals surface area contributed by atoms with E-state index in [4.69, 9.17) is 0 Å². The fourth-order valence-electron chi connectivity index (χ4n) is 0.639. The number of alkyl halides is 6. The van der Waals surface area contributed by atoms with Crippen LogP contribution in [0.4, 0.5) is 26.3 Å². The fourth-order valence-corrected chi connectivity index (χ4v) is 0.639. The van der Waals surface area contributed by atoms with Gasteiger partial charge in [0.25, 0.3) is 0 Å². The molecule has 8 heteroatoms. The molecule has 0 fully saturated rings. The molecule has 0 spiro atoms. The molecule has 2 nitrogen and oxygen atoms in total. The zero-order valence-corrected chi connectivity index (χ0v) is 7.87. The maximum Gasteiger partial charge on any atom is 0.428 e. The first-order valence-electron chi connectivity index (χ1n) is 3.87. The third-order valence-corrected chi connectivity index (χ3v) is 1.19. The predicted molar refractivity (Wildman–Crippen MR) is 40.3 cm³/mol. The normalized spacial score (nSPS) is 11.7. The molecule has 0 saturated heterocycles. The summed E-state index contributed by atoms with van der Waals surface area (Å²) in [4.78, 5) is 10.5. The van der Waals surface area contributed by atoms with Crippen molar-refractivity contribution in [3.05, 3.63) is 17.4 Å². The van der Waals surface area contributed by atoms with Gasteiger partial charge < -0.3 is 4.74 Å². The van der Waals surface area contributed by atoms with Crippen LogP contribution < -0.4 is 0 Å². The summed E-state index contributed by atoms with van der Waals surface area (Å²) in [6, 6.07) is 0.